The lowest BCUT2D eigenvalue weighted by atomic mass is 10.1. The topological polar surface area (TPSA) is 35.6 Å². The number of hydrogen-bond acceptors (Lipinski definition) is 2. The standard InChI is InChI=1S/C11H21N3O.H2/c1-9(2)14(4)11(15)12-10-5-7-13(3)8-6-10;/h10H,1,5-8H2,2-4H3,(H,12,15);1H. The molecular formula is C11H23N3O. The Morgan fingerprint density at radius 3 is 2.53 bits per heavy atom. The molecule has 2 amide bonds. The van der Waals surface area contributed by atoms with Crippen LogP contribution in [0.3, 0.4) is 0 Å². The molecule has 0 atom stereocenters. The number of carbonyl (C=O) groups is 1. The molecule has 1 aliphatic rings. The molecule has 0 aromatic rings. The second kappa shape index (κ2) is 5.16. The molecule has 0 spiro atoms. The quantitative estimate of drug-likeness (QED) is 0.754. The van der Waals surface area contributed by atoms with Crippen LogP contribution in [0.15, 0.2) is 12.3 Å². The van der Waals surface area contributed by atoms with Crippen molar-refractivity contribution in [3.63, 3.8) is 0 Å². The van der Waals surface area contributed by atoms with E-state index in [1.165, 1.54) is 0 Å². The highest BCUT2D eigenvalue weighted by Gasteiger charge is 2.19. The van der Waals surface area contributed by atoms with Gasteiger partial charge in [0.1, 0.15) is 0 Å². The van der Waals surface area contributed by atoms with Gasteiger partial charge < -0.3 is 15.1 Å². The number of rotatable bonds is 2. The first-order valence-corrected chi connectivity index (χ1v) is 5.39. The molecule has 4 heteroatoms. The van der Waals surface area contributed by atoms with Crippen molar-refractivity contribution in [1.29, 1.82) is 0 Å². The Hall–Kier alpha value is -1.03. The first kappa shape index (κ1) is 12.0. The van der Waals surface area contributed by atoms with E-state index >= 15 is 0 Å². The number of nitrogens with zero attached hydrogens (tertiary/aromatic N) is 2. The molecule has 4 nitrogen and oxygen atoms in total. The number of piperidine rings is 1. The molecule has 0 aromatic heterocycles. The summed E-state index contributed by atoms with van der Waals surface area (Å²) in [5, 5.41) is 3.02. The maximum atomic E-state index is 11.7. The summed E-state index contributed by atoms with van der Waals surface area (Å²) in [6.07, 6.45) is 2.07. The van der Waals surface area contributed by atoms with E-state index in [1.54, 1.807) is 11.9 Å². The number of hydrogen-bond donors (Lipinski definition) is 1. The maximum absolute atomic E-state index is 11.7. The van der Waals surface area contributed by atoms with Gasteiger partial charge >= 0.3 is 6.03 Å². The van der Waals surface area contributed by atoms with Crippen molar-refractivity contribution < 1.29 is 6.22 Å². The number of amides is 2. The molecule has 0 saturated carbocycles. The lowest BCUT2D eigenvalue weighted by Crippen LogP contribution is -2.47. The second-order valence-corrected chi connectivity index (χ2v) is 4.32. The highest BCUT2D eigenvalue weighted by molar-refractivity contribution is 5.75. The predicted octanol–water partition coefficient (Wildman–Crippen LogP) is 1.50. The summed E-state index contributed by atoms with van der Waals surface area (Å²) in [6.45, 7) is 7.68. The smallest absolute Gasteiger partial charge is 0.321 e. The Bertz CT molecular complexity index is 250. The first-order valence-electron chi connectivity index (χ1n) is 5.39. The van der Waals surface area contributed by atoms with Crippen LogP contribution in [0.4, 0.5) is 4.79 Å². The van der Waals surface area contributed by atoms with E-state index in [1.807, 2.05) is 6.92 Å². The molecule has 1 heterocycles. The fourth-order valence-electron chi connectivity index (χ4n) is 1.60. The molecule has 0 radical (unpaired) electrons. The van der Waals surface area contributed by atoms with Crippen molar-refractivity contribution >= 4 is 6.03 Å². The summed E-state index contributed by atoms with van der Waals surface area (Å²) >= 11 is 0. The van der Waals surface area contributed by atoms with Crippen LogP contribution >= 0.6 is 0 Å². The average molecular weight is 213 g/mol. The van der Waals surface area contributed by atoms with E-state index in [2.05, 4.69) is 23.8 Å². The van der Waals surface area contributed by atoms with Crippen LogP contribution in [-0.4, -0.2) is 49.1 Å². The van der Waals surface area contributed by atoms with E-state index in [9.17, 15) is 4.79 Å². The van der Waals surface area contributed by atoms with Gasteiger partial charge in [-0.25, -0.2) is 4.79 Å². The molecule has 0 aliphatic carbocycles. The SMILES string of the molecule is C=C(C)N(C)C(=O)NC1CCN(C)CC1.[HH]. The van der Waals surface area contributed by atoms with Crippen molar-refractivity contribution in [1.82, 2.24) is 15.1 Å². The summed E-state index contributed by atoms with van der Waals surface area (Å²) < 4.78 is 0. The molecule has 0 bridgehead atoms. The Morgan fingerprint density at radius 2 is 2.07 bits per heavy atom. The zero-order valence-corrected chi connectivity index (χ0v) is 9.92. The predicted molar refractivity (Wildman–Crippen MR) is 63.7 cm³/mol. The largest absolute Gasteiger partial charge is 0.335 e. The van der Waals surface area contributed by atoms with Crippen molar-refractivity contribution in [2.24, 2.45) is 0 Å². The van der Waals surface area contributed by atoms with Crippen LogP contribution in [0.2, 0.25) is 0 Å². The van der Waals surface area contributed by atoms with Gasteiger partial charge in [0.05, 0.1) is 0 Å². The van der Waals surface area contributed by atoms with Crippen molar-refractivity contribution in [3.05, 3.63) is 12.3 Å². The van der Waals surface area contributed by atoms with Gasteiger partial charge in [-0.3, -0.25) is 0 Å². The van der Waals surface area contributed by atoms with Crippen LogP contribution in [-0.2, 0) is 0 Å². The van der Waals surface area contributed by atoms with E-state index < -0.39 is 0 Å². The van der Waals surface area contributed by atoms with Crippen LogP contribution in [0.1, 0.15) is 21.2 Å². The van der Waals surface area contributed by atoms with Crippen molar-refractivity contribution in [2.45, 2.75) is 25.8 Å². The molecule has 0 aromatic carbocycles. The van der Waals surface area contributed by atoms with E-state index in [0.29, 0.717) is 6.04 Å². The third kappa shape index (κ3) is 3.55. The van der Waals surface area contributed by atoms with Gasteiger partial charge in [0.15, 0.2) is 0 Å². The summed E-state index contributed by atoms with van der Waals surface area (Å²) in [5.74, 6) is 0. The number of nitrogens with one attached hydrogen (secondary N) is 1. The molecule has 1 N–H and O–H groups in total. The molecule has 15 heavy (non-hydrogen) atoms. The van der Waals surface area contributed by atoms with Crippen molar-refractivity contribution in [2.75, 3.05) is 27.2 Å². The van der Waals surface area contributed by atoms with Gasteiger partial charge in [-0.1, -0.05) is 6.58 Å². The minimum atomic E-state index is -0.0444. The zero-order chi connectivity index (χ0) is 11.4. The van der Waals surface area contributed by atoms with Gasteiger partial charge in [-0.05, 0) is 39.9 Å². The molecular weight excluding hydrogens is 190 g/mol. The molecule has 1 saturated heterocycles. The Balaban J connectivity index is 0.00000225. The minimum absolute atomic E-state index is 0. The number of carbonyl (C=O) groups excluding carboxylic acids is 1. The van der Waals surface area contributed by atoms with Gasteiger partial charge in [0, 0.05) is 20.2 Å². The van der Waals surface area contributed by atoms with Crippen LogP contribution < -0.4 is 5.32 Å². The highest BCUT2D eigenvalue weighted by atomic mass is 16.2. The third-order valence-electron chi connectivity index (χ3n) is 2.92. The van der Waals surface area contributed by atoms with E-state index in [0.717, 1.165) is 31.6 Å². The molecule has 1 aliphatic heterocycles. The first-order chi connectivity index (χ1) is 7.00. The van der Waals surface area contributed by atoms with E-state index in [-0.39, 0.29) is 7.46 Å². The molecule has 88 valence electrons. The Labute approximate surface area is 93.4 Å². The van der Waals surface area contributed by atoms with Gasteiger partial charge in [-0.2, -0.15) is 0 Å². The van der Waals surface area contributed by atoms with E-state index in [4.69, 9.17) is 0 Å². The lowest BCUT2D eigenvalue weighted by molar-refractivity contribution is 0.198. The summed E-state index contributed by atoms with van der Waals surface area (Å²) in [6, 6.07) is 0.271. The van der Waals surface area contributed by atoms with Crippen molar-refractivity contribution in [3.8, 4) is 0 Å². The Morgan fingerprint density at radius 1 is 1.53 bits per heavy atom. The Kier molecular flexibility index (Phi) is 4.15. The fourth-order valence-corrected chi connectivity index (χ4v) is 1.60. The normalized spacial score (nSPS) is 18.6. The highest BCUT2D eigenvalue weighted by Crippen LogP contribution is 2.09. The number of likely N-dealkylation sites (tertiary alicyclic amines) is 1. The maximum Gasteiger partial charge on any atom is 0.321 e. The fraction of sp³-hybridized carbons (Fsp3) is 0.727. The van der Waals surface area contributed by atoms with Crippen LogP contribution in [0, 0.1) is 0 Å². The van der Waals surface area contributed by atoms with Gasteiger partial charge in [-0.15, -0.1) is 0 Å². The summed E-state index contributed by atoms with van der Waals surface area (Å²) in [4.78, 5) is 15.5. The average Bonchev–Trinajstić information content (AvgIpc) is 2.20. The minimum Gasteiger partial charge on any atom is -0.335 e. The lowest BCUT2D eigenvalue weighted by Gasteiger charge is -2.30. The number of urea groups is 1. The van der Waals surface area contributed by atoms with Gasteiger partial charge in [0.2, 0.25) is 0 Å². The van der Waals surface area contributed by atoms with Gasteiger partial charge in [0.25, 0.3) is 0 Å². The molecule has 1 fully saturated rings. The van der Waals surface area contributed by atoms with Crippen LogP contribution in [0.5, 0.6) is 0 Å². The summed E-state index contributed by atoms with van der Waals surface area (Å²) in [5.41, 5.74) is 0.764. The summed E-state index contributed by atoms with van der Waals surface area (Å²) in [7, 11) is 3.85. The molecule has 0 unspecified atom stereocenters. The third-order valence-corrected chi connectivity index (χ3v) is 2.92. The number of allylic oxidation sites excluding steroid dienone is 1. The second-order valence-electron chi connectivity index (χ2n) is 4.32. The van der Waals surface area contributed by atoms with Crippen LogP contribution in [0.25, 0.3) is 0 Å². The molecule has 1 rings (SSSR count). The zero-order valence-electron chi connectivity index (χ0n) is 9.92. The monoisotopic (exact) mass is 213 g/mol.